The predicted octanol–water partition coefficient (Wildman–Crippen LogP) is 5.13. The monoisotopic (exact) mass is 368 g/mol. The summed E-state index contributed by atoms with van der Waals surface area (Å²) in [6.07, 6.45) is 2.97. The van der Waals surface area contributed by atoms with Crippen LogP contribution in [0.1, 0.15) is 5.56 Å². The summed E-state index contributed by atoms with van der Waals surface area (Å²) in [6, 6.07) is 16.3. The number of hydrogen-bond acceptors (Lipinski definition) is 4. The van der Waals surface area contributed by atoms with Crippen molar-refractivity contribution in [2.24, 2.45) is 0 Å². The molecule has 0 saturated heterocycles. The summed E-state index contributed by atoms with van der Waals surface area (Å²) in [5.74, 6) is 1.10. The van der Waals surface area contributed by atoms with Crippen LogP contribution in [0.4, 0.5) is 0 Å². The number of methoxy groups -OCH3 is 2. The summed E-state index contributed by atoms with van der Waals surface area (Å²) in [6.45, 7) is 0. The predicted molar refractivity (Wildman–Crippen MR) is 103 cm³/mol. The van der Waals surface area contributed by atoms with Crippen LogP contribution in [0.15, 0.2) is 60.7 Å². The molecule has 0 aromatic heterocycles. The summed E-state index contributed by atoms with van der Waals surface area (Å²) in [7, 11) is 3.11. The van der Waals surface area contributed by atoms with Crippen molar-refractivity contribution >= 4 is 34.4 Å². The molecule has 0 N–H and O–H groups in total. The Morgan fingerprint density at radius 3 is 2.38 bits per heavy atom. The first-order valence-corrected chi connectivity index (χ1v) is 8.30. The number of rotatable bonds is 5. The van der Waals surface area contributed by atoms with E-state index < -0.39 is 5.97 Å². The lowest BCUT2D eigenvalue weighted by Crippen LogP contribution is -2.04. The van der Waals surface area contributed by atoms with Crippen LogP contribution in [-0.2, 0) is 4.79 Å². The highest BCUT2D eigenvalue weighted by molar-refractivity contribution is 6.35. The van der Waals surface area contributed by atoms with E-state index in [9.17, 15) is 4.79 Å². The van der Waals surface area contributed by atoms with E-state index >= 15 is 0 Å². The van der Waals surface area contributed by atoms with E-state index in [1.165, 1.54) is 6.08 Å². The Bertz CT molecular complexity index is 979. The van der Waals surface area contributed by atoms with Crippen molar-refractivity contribution in [3.63, 3.8) is 0 Å². The average molecular weight is 369 g/mol. The molecule has 0 fully saturated rings. The third kappa shape index (κ3) is 3.65. The van der Waals surface area contributed by atoms with Crippen molar-refractivity contribution in [1.82, 2.24) is 0 Å². The smallest absolute Gasteiger partial charge is 0.336 e. The molecule has 0 amide bonds. The third-order valence-corrected chi connectivity index (χ3v) is 4.20. The molecule has 26 heavy (non-hydrogen) atoms. The van der Waals surface area contributed by atoms with E-state index in [0.717, 1.165) is 10.8 Å². The highest BCUT2D eigenvalue weighted by Gasteiger charge is 2.10. The summed E-state index contributed by atoms with van der Waals surface area (Å²) < 4.78 is 16.1. The maximum absolute atomic E-state index is 12.3. The van der Waals surface area contributed by atoms with Crippen LogP contribution in [0.5, 0.6) is 17.2 Å². The highest BCUT2D eigenvalue weighted by atomic mass is 35.5. The van der Waals surface area contributed by atoms with Crippen LogP contribution < -0.4 is 14.2 Å². The van der Waals surface area contributed by atoms with Crippen molar-refractivity contribution in [1.29, 1.82) is 0 Å². The molecule has 0 saturated carbocycles. The lowest BCUT2D eigenvalue weighted by atomic mass is 10.1. The first-order valence-electron chi connectivity index (χ1n) is 7.92. The highest BCUT2D eigenvalue weighted by Crippen LogP contribution is 2.33. The van der Waals surface area contributed by atoms with Crippen LogP contribution >= 0.6 is 11.6 Å². The second-order valence-electron chi connectivity index (χ2n) is 5.43. The van der Waals surface area contributed by atoms with Gasteiger partial charge in [0.05, 0.1) is 14.2 Å². The minimum Gasteiger partial charge on any atom is -0.493 e. The lowest BCUT2D eigenvalue weighted by Gasteiger charge is -2.10. The van der Waals surface area contributed by atoms with Gasteiger partial charge in [-0.1, -0.05) is 48.0 Å². The standard InChI is InChI=1S/C21H17ClO4/c1-24-19-9-5-6-14(21(19)25-2)10-13-20(23)26-18-12-11-17(22)15-7-3-4-8-16(15)18/h3-13H,1-2H3/b13-10+. The van der Waals surface area contributed by atoms with E-state index in [2.05, 4.69) is 0 Å². The molecule has 5 heteroatoms. The van der Waals surface area contributed by atoms with Gasteiger partial charge in [-0.2, -0.15) is 0 Å². The van der Waals surface area contributed by atoms with Gasteiger partial charge >= 0.3 is 5.97 Å². The fourth-order valence-corrected chi connectivity index (χ4v) is 2.89. The Labute approximate surface area is 156 Å². The zero-order valence-corrected chi connectivity index (χ0v) is 15.1. The summed E-state index contributed by atoms with van der Waals surface area (Å²) >= 11 is 6.19. The summed E-state index contributed by atoms with van der Waals surface area (Å²) in [5, 5.41) is 2.22. The topological polar surface area (TPSA) is 44.8 Å². The molecule has 3 rings (SSSR count). The Hall–Kier alpha value is -2.98. The zero-order valence-electron chi connectivity index (χ0n) is 14.4. The van der Waals surface area contributed by atoms with E-state index in [1.807, 2.05) is 36.4 Å². The van der Waals surface area contributed by atoms with Crippen molar-refractivity contribution < 1.29 is 19.0 Å². The SMILES string of the molecule is COc1cccc(/C=C/C(=O)Oc2ccc(Cl)c3ccccc23)c1OC. The molecular weight excluding hydrogens is 352 g/mol. The molecule has 0 bridgehead atoms. The summed E-state index contributed by atoms with van der Waals surface area (Å²) in [4.78, 5) is 12.3. The van der Waals surface area contributed by atoms with Crippen molar-refractivity contribution in [3.05, 3.63) is 71.3 Å². The van der Waals surface area contributed by atoms with Gasteiger partial charge in [-0.05, 0) is 24.3 Å². The normalized spacial score (nSPS) is 10.9. The van der Waals surface area contributed by atoms with Crippen molar-refractivity contribution in [3.8, 4) is 17.2 Å². The molecule has 132 valence electrons. The fourth-order valence-electron chi connectivity index (χ4n) is 2.67. The maximum atomic E-state index is 12.3. The van der Waals surface area contributed by atoms with E-state index in [-0.39, 0.29) is 0 Å². The van der Waals surface area contributed by atoms with Crippen molar-refractivity contribution in [2.75, 3.05) is 14.2 Å². The van der Waals surface area contributed by atoms with E-state index in [1.54, 1.807) is 38.5 Å². The number of fused-ring (bicyclic) bond motifs is 1. The number of para-hydroxylation sites is 1. The molecule has 0 aliphatic rings. The molecule has 3 aromatic rings. The molecule has 0 aliphatic carbocycles. The molecule has 0 radical (unpaired) electrons. The van der Waals surface area contributed by atoms with Crippen LogP contribution in [0, 0.1) is 0 Å². The number of ether oxygens (including phenoxy) is 3. The van der Waals surface area contributed by atoms with Gasteiger partial charge in [0.15, 0.2) is 11.5 Å². The minimum atomic E-state index is -0.498. The van der Waals surface area contributed by atoms with Gasteiger partial charge in [-0.15, -0.1) is 0 Å². The summed E-state index contributed by atoms with van der Waals surface area (Å²) in [5.41, 5.74) is 0.713. The van der Waals surface area contributed by atoms with E-state index in [4.69, 9.17) is 25.8 Å². The minimum absolute atomic E-state index is 0.456. The second kappa shape index (κ2) is 7.93. The van der Waals surface area contributed by atoms with Gasteiger partial charge in [-0.25, -0.2) is 4.79 Å². The molecule has 0 heterocycles. The first-order chi connectivity index (χ1) is 12.6. The van der Waals surface area contributed by atoms with Gasteiger partial charge in [-0.3, -0.25) is 0 Å². The van der Waals surface area contributed by atoms with Gasteiger partial charge < -0.3 is 14.2 Å². The number of hydrogen-bond donors (Lipinski definition) is 0. The number of carbonyl (C=O) groups excluding carboxylic acids is 1. The van der Waals surface area contributed by atoms with Gasteiger partial charge in [0, 0.05) is 27.4 Å². The second-order valence-corrected chi connectivity index (χ2v) is 5.84. The van der Waals surface area contributed by atoms with Crippen molar-refractivity contribution in [2.45, 2.75) is 0 Å². The molecule has 4 nitrogen and oxygen atoms in total. The number of halogens is 1. The fraction of sp³-hybridized carbons (Fsp3) is 0.0952. The zero-order chi connectivity index (χ0) is 18.5. The Morgan fingerprint density at radius 1 is 0.885 bits per heavy atom. The Morgan fingerprint density at radius 2 is 1.65 bits per heavy atom. The molecule has 3 aromatic carbocycles. The third-order valence-electron chi connectivity index (χ3n) is 3.87. The van der Waals surface area contributed by atoms with Crippen LogP contribution in [0.2, 0.25) is 5.02 Å². The van der Waals surface area contributed by atoms with Gasteiger partial charge in [0.25, 0.3) is 0 Å². The van der Waals surface area contributed by atoms with Gasteiger partial charge in [0.1, 0.15) is 5.75 Å². The largest absolute Gasteiger partial charge is 0.493 e. The average Bonchev–Trinajstić information content (AvgIpc) is 2.68. The number of esters is 1. The molecule has 0 aliphatic heterocycles. The molecule has 0 spiro atoms. The molecule has 0 unspecified atom stereocenters. The maximum Gasteiger partial charge on any atom is 0.336 e. The number of carbonyl (C=O) groups is 1. The first kappa shape index (κ1) is 17.8. The molecular formula is C21H17ClO4. The lowest BCUT2D eigenvalue weighted by molar-refractivity contribution is -0.128. The van der Waals surface area contributed by atoms with Crippen LogP contribution in [0.3, 0.4) is 0 Å². The number of benzene rings is 3. The molecule has 0 atom stereocenters. The van der Waals surface area contributed by atoms with E-state index in [0.29, 0.717) is 27.8 Å². The Balaban J connectivity index is 1.84. The van der Waals surface area contributed by atoms with Crippen LogP contribution in [0.25, 0.3) is 16.8 Å². The quantitative estimate of drug-likeness (QED) is 0.356. The Kier molecular flexibility index (Phi) is 5.44. The van der Waals surface area contributed by atoms with Gasteiger partial charge in [0.2, 0.25) is 0 Å². The van der Waals surface area contributed by atoms with Crippen LogP contribution in [-0.4, -0.2) is 20.2 Å².